The van der Waals surface area contributed by atoms with Crippen LogP contribution in [0, 0.1) is 0 Å². The van der Waals surface area contributed by atoms with Gasteiger partial charge in [-0.05, 0) is 25.3 Å². The normalized spacial score (nSPS) is 20.1. The maximum atomic E-state index is 11.4. The Morgan fingerprint density at radius 2 is 2.24 bits per heavy atom. The molecular formula is C12H17N3O2. The van der Waals surface area contributed by atoms with E-state index in [1.165, 1.54) is 7.11 Å². The first kappa shape index (κ1) is 11.8. The first-order valence-corrected chi connectivity index (χ1v) is 5.91. The second-order valence-corrected chi connectivity index (χ2v) is 4.17. The first-order valence-electron chi connectivity index (χ1n) is 5.91. The maximum absolute atomic E-state index is 11.4. The molecule has 17 heavy (non-hydrogen) atoms. The van der Waals surface area contributed by atoms with E-state index in [9.17, 15) is 4.79 Å². The van der Waals surface area contributed by atoms with Gasteiger partial charge in [-0.2, -0.15) is 0 Å². The molecule has 0 radical (unpaired) electrons. The number of carbonyl (C=O) groups is 1. The van der Waals surface area contributed by atoms with Crippen molar-refractivity contribution in [2.24, 2.45) is 0 Å². The van der Waals surface area contributed by atoms with Crippen molar-refractivity contribution in [1.29, 1.82) is 0 Å². The lowest BCUT2D eigenvalue weighted by atomic mass is 10.00. The lowest BCUT2D eigenvalue weighted by molar-refractivity contribution is -0.141. The number of anilines is 1. The van der Waals surface area contributed by atoms with Crippen LogP contribution in [0.3, 0.4) is 0 Å². The second-order valence-electron chi connectivity index (χ2n) is 4.17. The average Bonchev–Trinajstić information content (AvgIpc) is 2.40. The number of aromatic nitrogens is 2. The van der Waals surface area contributed by atoms with Crippen LogP contribution < -0.4 is 4.90 Å². The van der Waals surface area contributed by atoms with E-state index >= 15 is 0 Å². The molecule has 2 heterocycles. The van der Waals surface area contributed by atoms with Crippen LogP contribution in [0.1, 0.15) is 25.7 Å². The predicted molar refractivity (Wildman–Crippen MR) is 63.7 cm³/mol. The number of methoxy groups -OCH3 is 1. The highest BCUT2D eigenvalue weighted by atomic mass is 16.5. The number of carbonyl (C=O) groups excluding carboxylic acids is 1. The highest BCUT2D eigenvalue weighted by molar-refractivity contribution is 5.70. The van der Waals surface area contributed by atoms with Crippen molar-refractivity contribution in [3.8, 4) is 0 Å². The van der Waals surface area contributed by atoms with Crippen molar-refractivity contribution in [3.05, 3.63) is 18.5 Å². The van der Waals surface area contributed by atoms with Crippen molar-refractivity contribution >= 4 is 11.9 Å². The van der Waals surface area contributed by atoms with E-state index < -0.39 is 0 Å². The van der Waals surface area contributed by atoms with Crippen LogP contribution >= 0.6 is 0 Å². The van der Waals surface area contributed by atoms with Gasteiger partial charge in [0.25, 0.3) is 0 Å². The monoisotopic (exact) mass is 235 g/mol. The summed E-state index contributed by atoms with van der Waals surface area (Å²) in [6, 6.07) is 1.96. The van der Waals surface area contributed by atoms with Gasteiger partial charge >= 0.3 is 5.97 Å². The smallest absolute Gasteiger partial charge is 0.307 e. The van der Waals surface area contributed by atoms with E-state index in [-0.39, 0.29) is 12.0 Å². The Bertz CT molecular complexity index is 369. The van der Waals surface area contributed by atoms with E-state index in [0.717, 1.165) is 25.8 Å². The summed E-state index contributed by atoms with van der Waals surface area (Å²) in [6.45, 7) is 0.908. The van der Waals surface area contributed by atoms with Gasteiger partial charge in [0.05, 0.1) is 13.5 Å². The lowest BCUT2D eigenvalue weighted by Gasteiger charge is -2.35. The summed E-state index contributed by atoms with van der Waals surface area (Å²) in [6.07, 6.45) is 7.13. The van der Waals surface area contributed by atoms with Gasteiger partial charge in [0, 0.05) is 25.0 Å². The molecule has 1 atom stereocenters. The molecule has 1 fully saturated rings. The zero-order chi connectivity index (χ0) is 12.1. The molecule has 1 saturated heterocycles. The van der Waals surface area contributed by atoms with Crippen molar-refractivity contribution in [2.45, 2.75) is 31.7 Å². The van der Waals surface area contributed by atoms with E-state index in [4.69, 9.17) is 4.74 Å². The van der Waals surface area contributed by atoms with E-state index in [1.807, 2.05) is 0 Å². The largest absolute Gasteiger partial charge is 0.469 e. The topological polar surface area (TPSA) is 55.3 Å². The van der Waals surface area contributed by atoms with Crippen molar-refractivity contribution in [3.63, 3.8) is 0 Å². The Hall–Kier alpha value is -1.65. The Kier molecular flexibility index (Phi) is 3.90. The van der Waals surface area contributed by atoms with Crippen molar-refractivity contribution in [1.82, 2.24) is 9.97 Å². The minimum atomic E-state index is -0.169. The molecule has 5 heteroatoms. The summed E-state index contributed by atoms with van der Waals surface area (Å²) >= 11 is 0. The Morgan fingerprint density at radius 1 is 1.47 bits per heavy atom. The molecular weight excluding hydrogens is 218 g/mol. The summed E-state index contributed by atoms with van der Waals surface area (Å²) in [5, 5.41) is 0. The van der Waals surface area contributed by atoms with Gasteiger partial charge in [0.1, 0.15) is 0 Å². The van der Waals surface area contributed by atoms with E-state index in [2.05, 4.69) is 14.9 Å². The summed E-state index contributed by atoms with van der Waals surface area (Å²) in [7, 11) is 1.43. The van der Waals surface area contributed by atoms with Gasteiger partial charge in [0.2, 0.25) is 5.95 Å². The zero-order valence-electron chi connectivity index (χ0n) is 10.0. The molecule has 0 bridgehead atoms. The SMILES string of the molecule is COC(=O)CC1CCCCN1c1ncccn1. The quantitative estimate of drug-likeness (QED) is 0.741. The number of ether oxygens (including phenoxy) is 1. The van der Waals surface area contributed by atoms with Crippen LogP contribution in [0.5, 0.6) is 0 Å². The Balaban J connectivity index is 2.09. The molecule has 0 spiro atoms. The van der Waals surface area contributed by atoms with Gasteiger partial charge in [-0.15, -0.1) is 0 Å². The van der Waals surface area contributed by atoms with Crippen LogP contribution in [0.2, 0.25) is 0 Å². The fourth-order valence-electron chi connectivity index (χ4n) is 2.19. The molecule has 0 aromatic carbocycles. The number of piperidine rings is 1. The fourth-order valence-corrected chi connectivity index (χ4v) is 2.19. The van der Waals surface area contributed by atoms with Gasteiger partial charge in [-0.3, -0.25) is 4.79 Å². The van der Waals surface area contributed by atoms with E-state index in [0.29, 0.717) is 12.4 Å². The van der Waals surface area contributed by atoms with Gasteiger partial charge in [0.15, 0.2) is 0 Å². The molecule has 0 aliphatic carbocycles. The van der Waals surface area contributed by atoms with Crippen LogP contribution in [-0.2, 0) is 9.53 Å². The highest BCUT2D eigenvalue weighted by Crippen LogP contribution is 2.23. The van der Waals surface area contributed by atoms with Crippen LogP contribution in [0.4, 0.5) is 5.95 Å². The summed E-state index contributed by atoms with van der Waals surface area (Å²) < 4.78 is 4.73. The summed E-state index contributed by atoms with van der Waals surface area (Å²) in [4.78, 5) is 22.0. The molecule has 5 nitrogen and oxygen atoms in total. The van der Waals surface area contributed by atoms with Crippen LogP contribution in [0.15, 0.2) is 18.5 Å². The molecule has 1 aliphatic heterocycles. The number of hydrogen-bond donors (Lipinski definition) is 0. The van der Waals surface area contributed by atoms with Crippen LogP contribution in [0.25, 0.3) is 0 Å². The number of esters is 1. The molecule has 1 aromatic rings. The summed E-state index contributed by atoms with van der Waals surface area (Å²) in [5.41, 5.74) is 0. The summed E-state index contributed by atoms with van der Waals surface area (Å²) in [5.74, 6) is 0.541. The van der Waals surface area contributed by atoms with Gasteiger partial charge in [-0.25, -0.2) is 9.97 Å². The number of hydrogen-bond acceptors (Lipinski definition) is 5. The van der Waals surface area contributed by atoms with Crippen molar-refractivity contribution < 1.29 is 9.53 Å². The molecule has 0 N–H and O–H groups in total. The van der Waals surface area contributed by atoms with Gasteiger partial charge in [-0.1, -0.05) is 0 Å². The first-order chi connectivity index (χ1) is 8.31. The second kappa shape index (κ2) is 5.61. The van der Waals surface area contributed by atoms with E-state index in [1.54, 1.807) is 18.5 Å². The molecule has 92 valence electrons. The lowest BCUT2D eigenvalue weighted by Crippen LogP contribution is -2.42. The maximum Gasteiger partial charge on any atom is 0.307 e. The zero-order valence-corrected chi connectivity index (χ0v) is 10.0. The molecule has 1 aliphatic rings. The molecule has 0 amide bonds. The third kappa shape index (κ3) is 2.93. The predicted octanol–water partition coefficient (Wildman–Crippen LogP) is 1.40. The Morgan fingerprint density at radius 3 is 2.94 bits per heavy atom. The minimum Gasteiger partial charge on any atom is -0.469 e. The average molecular weight is 235 g/mol. The third-order valence-corrected chi connectivity index (χ3v) is 3.07. The third-order valence-electron chi connectivity index (χ3n) is 3.07. The number of rotatable bonds is 3. The molecule has 0 saturated carbocycles. The molecule has 1 aromatic heterocycles. The highest BCUT2D eigenvalue weighted by Gasteiger charge is 2.26. The van der Waals surface area contributed by atoms with Crippen molar-refractivity contribution in [2.75, 3.05) is 18.6 Å². The Labute approximate surface area is 101 Å². The number of nitrogens with zero attached hydrogens (tertiary/aromatic N) is 3. The van der Waals surface area contributed by atoms with Crippen LogP contribution in [-0.4, -0.2) is 35.6 Å². The fraction of sp³-hybridized carbons (Fsp3) is 0.583. The standard InChI is InChI=1S/C12H17N3O2/c1-17-11(16)9-10-5-2-3-8-15(10)12-13-6-4-7-14-12/h4,6-7,10H,2-3,5,8-9H2,1H3. The van der Waals surface area contributed by atoms with Gasteiger partial charge < -0.3 is 9.64 Å². The molecule has 2 rings (SSSR count). The molecule has 1 unspecified atom stereocenters. The minimum absolute atomic E-state index is 0.165.